The van der Waals surface area contributed by atoms with Crippen LogP contribution in [0.5, 0.6) is 0 Å². The molecule has 0 bridgehead atoms. The van der Waals surface area contributed by atoms with Gasteiger partial charge in [-0.05, 0) is 29.7 Å². The first kappa shape index (κ1) is 13.1. The predicted molar refractivity (Wildman–Crippen MR) is 72.0 cm³/mol. The Morgan fingerprint density at radius 2 is 1.89 bits per heavy atom. The molecule has 0 aliphatic rings. The fourth-order valence-electron chi connectivity index (χ4n) is 2.00. The van der Waals surface area contributed by atoms with E-state index < -0.39 is 6.03 Å². The summed E-state index contributed by atoms with van der Waals surface area (Å²) in [6.07, 6.45) is 0.563. The summed E-state index contributed by atoms with van der Waals surface area (Å²) in [6, 6.07) is 14.9. The van der Waals surface area contributed by atoms with E-state index in [1.54, 1.807) is 12.1 Å². The molecule has 0 fully saturated rings. The number of nitrogens with one attached hydrogen (secondary N) is 1. The van der Waals surface area contributed by atoms with Crippen LogP contribution in [-0.2, 0) is 6.42 Å². The Balaban J connectivity index is 2.23. The van der Waals surface area contributed by atoms with E-state index in [0.29, 0.717) is 12.0 Å². The van der Waals surface area contributed by atoms with Gasteiger partial charge in [-0.25, -0.2) is 9.18 Å². The fraction of sp³-hybridized carbons (Fsp3) is 0.133. The number of carbonyl (C=O) groups is 1. The van der Waals surface area contributed by atoms with Crippen molar-refractivity contribution < 1.29 is 9.18 Å². The first-order valence-corrected chi connectivity index (χ1v) is 6.00. The molecule has 2 rings (SSSR count). The van der Waals surface area contributed by atoms with Crippen LogP contribution in [-0.4, -0.2) is 6.03 Å². The first-order valence-electron chi connectivity index (χ1n) is 6.00. The zero-order valence-electron chi connectivity index (χ0n) is 10.3. The quantitative estimate of drug-likeness (QED) is 0.870. The van der Waals surface area contributed by atoms with Gasteiger partial charge in [-0.1, -0.05) is 42.5 Å². The molecule has 98 valence electrons. The molecule has 0 aliphatic carbocycles. The smallest absolute Gasteiger partial charge is 0.312 e. The average molecular weight is 258 g/mol. The first-order chi connectivity index (χ1) is 9.15. The summed E-state index contributed by atoms with van der Waals surface area (Å²) in [5, 5.41) is 2.64. The minimum atomic E-state index is -0.620. The number of benzene rings is 2. The lowest BCUT2D eigenvalue weighted by Gasteiger charge is -2.18. The topological polar surface area (TPSA) is 55.1 Å². The molecule has 1 atom stereocenters. The van der Waals surface area contributed by atoms with Crippen molar-refractivity contribution in [1.29, 1.82) is 0 Å². The van der Waals surface area contributed by atoms with Gasteiger partial charge in [0.1, 0.15) is 5.82 Å². The average Bonchev–Trinajstić information content (AvgIpc) is 2.39. The number of carbonyl (C=O) groups excluding carboxylic acids is 1. The number of halogens is 1. The van der Waals surface area contributed by atoms with Gasteiger partial charge in [0.15, 0.2) is 0 Å². The van der Waals surface area contributed by atoms with Crippen LogP contribution in [0, 0.1) is 5.82 Å². The highest BCUT2D eigenvalue weighted by molar-refractivity contribution is 5.72. The third kappa shape index (κ3) is 3.81. The lowest BCUT2D eigenvalue weighted by atomic mass is 9.99. The summed E-state index contributed by atoms with van der Waals surface area (Å²) in [5.74, 6) is -0.332. The minimum absolute atomic E-state index is 0.332. The second-order valence-corrected chi connectivity index (χ2v) is 4.31. The van der Waals surface area contributed by atoms with E-state index in [1.165, 1.54) is 12.1 Å². The van der Waals surface area contributed by atoms with Gasteiger partial charge in [-0.2, -0.15) is 0 Å². The standard InChI is InChI=1S/C15H15FN2O/c16-13-8-4-7-12(10-13)14(18-15(17)19)9-11-5-2-1-3-6-11/h1-8,10,14H,9H2,(H3,17,18,19). The molecule has 2 amide bonds. The molecular weight excluding hydrogens is 243 g/mol. The van der Waals surface area contributed by atoms with Crippen LogP contribution in [0.15, 0.2) is 54.6 Å². The molecule has 3 N–H and O–H groups in total. The van der Waals surface area contributed by atoms with Crippen molar-refractivity contribution in [3.05, 3.63) is 71.5 Å². The summed E-state index contributed by atoms with van der Waals surface area (Å²) in [5.41, 5.74) is 6.92. The van der Waals surface area contributed by atoms with Gasteiger partial charge in [-0.15, -0.1) is 0 Å². The van der Waals surface area contributed by atoms with Crippen molar-refractivity contribution in [2.45, 2.75) is 12.5 Å². The summed E-state index contributed by atoms with van der Waals surface area (Å²) in [6.45, 7) is 0. The Kier molecular flexibility index (Phi) is 4.13. The highest BCUT2D eigenvalue weighted by atomic mass is 19.1. The van der Waals surface area contributed by atoms with Gasteiger partial charge in [0.25, 0.3) is 0 Å². The maximum absolute atomic E-state index is 13.3. The number of nitrogens with two attached hydrogens (primary N) is 1. The number of amides is 2. The summed E-state index contributed by atoms with van der Waals surface area (Å²) in [7, 11) is 0. The SMILES string of the molecule is NC(=O)NC(Cc1ccccc1)c1cccc(F)c1. The monoisotopic (exact) mass is 258 g/mol. The van der Waals surface area contributed by atoms with Crippen LogP contribution in [0.2, 0.25) is 0 Å². The Bertz CT molecular complexity index is 557. The summed E-state index contributed by atoms with van der Waals surface area (Å²) < 4.78 is 13.3. The Morgan fingerprint density at radius 1 is 1.16 bits per heavy atom. The zero-order chi connectivity index (χ0) is 13.7. The largest absolute Gasteiger partial charge is 0.352 e. The zero-order valence-corrected chi connectivity index (χ0v) is 10.3. The van der Waals surface area contributed by atoms with E-state index in [-0.39, 0.29) is 11.9 Å². The third-order valence-electron chi connectivity index (χ3n) is 2.85. The molecule has 0 saturated heterocycles. The van der Waals surface area contributed by atoms with Crippen molar-refractivity contribution >= 4 is 6.03 Å². The predicted octanol–water partition coefficient (Wildman–Crippen LogP) is 2.78. The van der Waals surface area contributed by atoms with Crippen molar-refractivity contribution in [2.75, 3.05) is 0 Å². The van der Waals surface area contributed by atoms with Crippen LogP contribution in [0.3, 0.4) is 0 Å². The molecule has 3 nitrogen and oxygen atoms in total. The van der Waals surface area contributed by atoms with Gasteiger partial charge >= 0.3 is 6.03 Å². The third-order valence-corrected chi connectivity index (χ3v) is 2.85. The molecule has 2 aromatic rings. The van der Waals surface area contributed by atoms with Gasteiger partial charge in [-0.3, -0.25) is 0 Å². The van der Waals surface area contributed by atoms with Crippen molar-refractivity contribution in [2.24, 2.45) is 5.73 Å². The van der Waals surface area contributed by atoms with Crippen molar-refractivity contribution in [3.8, 4) is 0 Å². The van der Waals surface area contributed by atoms with Gasteiger partial charge < -0.3 is 11.1 Å². The molecule has 1 unspecified atom stereocenters. The lowest BCUT2D eigenvalue weighted by molar-refractivity contribution is 0.245. The highest BCUT2D eigenvalue weighted by Gasteiger charge is 2.14. The van der Waals surface area contributed by atoms with Crippen LogP contribution in [0.1, 0.15) is 17.2 Å². The second kappa shape index (κ2) is 6.00. The van der Waals surface area contributed by atoms with E-state index in [1.807, 2.05) is 30.3 Å². The van der Waals surface area contributed by atoms with Gasteiger partial charge in [0.05, 0.1) is 6.04 Å². The van der Waals surface area contributed by atoms with Crippen molar-refractivity contribution in [1.82, 2.24) is 5.32 Å². The highest BCUT2D eigenvalue weighted by Crippen LogP contribution is 2.19. The molecule has 0 aromatic heterocycles. The van der Waals surface area contributed by atoms with Crippen LogP contribution < -0.4 is 11.1 Å². The number of urea groups is 1. The number of hydrogen-bond acceptors (Lipinski definition) is 1. The minimum Gasteiger partial charge on any atom is -0.352 e. The van der Waals surface area contributed by atoms with E-state index in [4.69, 9.17) is 5.73 Å². The summed E-state index contributed by atoms with van der Waals surface area (Å²) in [4.78, 5) is 11.1. The molecule has 0 spiro atoms. The van der Waals surface area contributed by atoms with E-state index >= 15 is 0 Å². The molecule has 0 aliphatic heterocycles. The van der Waals surface area contributed by atoms with E-state index in [9.17, 15) is 9.18 Å². The number of primary amides is 1. The van der Waals surface area contributed by atoms with E-state index in [0.717, 1.165) is 5.56 Å². The van der Waals surface area contributed by atoms with Crippen molar-refractivity contribution in [3.63, 3.8) is 0 Å². The Hall–Kier alpha value is -2.36. The molecular formula is C15H15FN2O. The maximum Gasteiger partial charge on any atom is 0.312 e. The fourth-order valence-corrected chi connectivity index (χ4v) is 2.00. The molecule has 0 heterocycles. The molecule has 2 aromatic carbocycles. The molecule has 19 heavy (non-hydrogen) atoms. The number of hydrogen-bond donors (Lipinski definition) is 2. The van der Waals surface area contributed by atoms with Gasteiger partial charge in [0, 0.05) is 0 Å². The molecule has 4 heteroatoms. The van der Waals surface area contributed by atoms with Crippen LogP contribution >= 0.6 is 0 Å². The Morgan fingerprint density at radius 3 is 2.53 bits per heavy atom. The second-order valence-electron chi connectivity index (χ2n) is 4.31. The summed E-state index contributed by atoms with van der Waals surface area (Å²) >= 11 is 0. The number of rotatable bonds is 4. The van der Waals surface area contributed by atoms with E-state index in [2.05, 4.69) is 5.32 Å². The molecule has 0 radical (unpaired) electrons. The normalized spacial score (nSPS) is 11.8. The lowest BCUT2D eigenvalue weighted by Crippen LogP contribution is -2.34. The van der Waals surface area contributed by atoms with Crippen LogP contribution in [0.25, 0.3) is 0 Å². The Labute approximate surface area is 111 Å². The maximum atomic E-state index is 13.3. The molecule has 0 saturated carbocycles. The van der Waals surface area contributed by atoms with Crippen LogP contribution in [0.4, 0.5) is 9.18 Å². The van der Waals surface area contributed by atoms with Gasteiger partial charge in [0.2, 0.25) is 0 Å².